The van der Waals surface area contributed by atoms with E-state index in [4.69, 9.17) is 25.8 Å². The van der Waals surface area contributed by atoms with Crippen molar-refractivity contribution in [2.24, 2.45) is 0 Å². The van der Waals surface area contributed by atoms with Gasteiger partial charge in [-0.15, -0.1) is 11.3 Å². The maximum absolute atomic E-state index is 12.4. The average Bonchev–Trinajstić information content (AvgIpc) is 3.15. The van der Waals surface area contributed by atoms with E-state index >= 15 is 0 Å². The third-order valence-electron chi connectivity index (χ3n) is 3.90. The second-order valence-electron chi connectivity index (χ2n) is 5.81. The van der Waals surface area contributed by atoms with Crippen LogP contribution in [0.2, 0.25) is 5.02 Å². The van der Waals surface area contributed by atoms with E-state index in [1.165, 1.54) is 11.3 Å². The summed E-state index contributed by atoms with van der Waals surface area (Å²) in [6, 6.07) is 12.4. The summed E-state index contributed by atoms with van der Waals surface area (Å²) >= 11 is 7.25. The van der Waals surface area contributed by atoms with Gasteiger partial charge in [0.05, 0.1) is 19.9 Å². The topological polar surface area (TPSA) is 69.7 Å². The Morgan fingerprint density at radius 2 is 1.96 bits per heavy atom. The van der Waals surface area contributed by atoms with Crippen LogP contribution in [0.15, 0.2) is 47.8 Å². The SMILES string of the molecule is COc1ccc(OC)c(-c2csc(NC(=O)C(C)Oc3cccc(Cl)c3)n2)c1. The number of rotatable bonds is 7. The van der Waals surface area contributed by atoms with Crippen molar-refractivity contribution in [3.63, 3.8) is 0 Å². The minimum Gasteiger partial charge on any atom is -0.497 e. The lowest BCUT2D eigenvalue weighted by Crippen LogP contribution is -2.30. The number of carbonyl (C=O) groups is 1. The van der Waals surface area contributed by atoms with E-state index in [2.05, 4.69) is 10.3 Å². The molecule has 1 heterocycles. The summed E-state index contributed by atoms with van der Waals surface area (Å²) in [5.41, 5.74) is 1.46. The molecule has 1 N–H and O–H groups in total. The van der Waals surface area contributed by atoms with Crippen LogP contribution in [0.5, 0.6) is 17.2 Å². The number of ether oxygens (including phenoxy) is 3. The number of nitrogens with zero attached hydrogens (tertiary/aromatic N) is 1. The molecule has 146 valence electrons. The van der Waals surface area contributed by atoms with E-state index in [9.17, 15) is 4.79 Å². The van der Waals surface area contributed by atoms with Crippen LogP contribution < -0.4 is 19.5 Å². The van der Waals surface area contributed by atoms with Crippen LogP contribution in [0.1, 0.15) is 6.92 Å². The van der Waals surface area contributed by atoms with Gasteiger partial charge in [-0.25, -0.2) is 4.98 Å². The summed E-state index contributed by atoms with van der Waals surface area (Å²) < 4.78 is 16.3. The molecule has 0 spiro atoms. The van der Waals surface area contributed by atoms with Crippen molar-refractivity contribution in [1.82, 2.24) is 4.98 Å². The zero-order valence-corrected chi connectivity index (χ0v) is 17.1. The Bertz CT molecular complexity index is 976. The zero-order chi connectivity index (χ0) is 20.1. The molecule has 1 amide bonds. The van der Waals surface area contributed by atoms with Crippen LogP contribution in [0.25, 0.3) is 11.3 Å². The molecule has 0 aliphatic heterocycles. The van der Waals surface area contributed by atoms with Crippen molar-refractivity contribution in [1.29, 1.82) is 0 Å². The second kappa shape index (κ2) is 8.95. The van der Waals surface area contributed by atoms with Crippen molar-refractivity contribution in [2.75, 3.05) is 19.5 Å². The second-order valence-corrected chi connectivity index (χ2v) is 7.11. The van der Waals surface area contributed by atoms with E-state index in [1.54, 1.807) is 45.4 Å². The average molecular weight is 419 g/mol. The first-order chi connectivity index (χ1) is 13.5. The molecule has 0 aliphatic rings. The predicted octanol–water partition coefficient (Wildman–Crippen LogP) is 4.89. The van der Waals surface area contributed by atoms with Gasteiger partial charge < -0.3 is 14.2 Å². The number of nitrogens with one attached hydrogen (secondary N) is 1. The quantitative estimate of drug-likeness (QED) is 0.591. The fourth-order valence-corrected chi connectivity index (χ4v) is 3.37. The van der Waals surface area contributed by atoms with Gasteiger partial charge in [0.25, 0.3) is 5.91 Å². The number of hydrogen-bond donors (Lipinski definition) is 1. The number of amides is 1. The summed E-state index contributed by atoms with van der Waals surface area (Å²) in [6.45, 7) is 1.66. The molecule has 0 bridgehead atoms. The van der Waals surface area contributed by atoms with Crippen LogP contribution in [0.3, 0.4) is 0 Å². The molecular formula is C20H19ClN2O4S. The molecule has 0 saturated carbocycles. The monoisotopic (exact) mass is 418 g/mol. The largest absolute Gasteiger partial charge is 0.497 e. The van der Waals surface area contributed by atoms with Gasteiger partial charge in [0.1, 0.15) is 17.2 Å². The summed E-state index contributed by atoms with van der Waals surface area (Å²) in [7, 11) is 3.19. The molecule has 3 rings (SSSR count). The first-order valence-corrected chi connectivity index (χ1v) is 9.67. The van der Waals surface area contributed by atoms with Gasteiger partial charge in [-0.2, -0.15) is 0 Å². The van der Waals surface area contributed by atoms with Crippen LogP contribution in [-0.4, -0.2) is 31.2 Å². The summed E-state index contributed by atoms with van der Waals surface area (Å²) in [4.78, 5) is 16.9. The Balaban J connectivity index is 1.71. The molecule has 2 aromatic carbocycles. The highest BCUT2D eigenvalue weighted by Gasteiger charge is 2.18. The van der Waals surface area contributed by atoms with Crippen LogP contribution in [0.4, 0.5) is 5.13 Å². The molecule has 6 nitrogen and oxygen atoms in total. The zero-order valence-electron chi connectivity index (χ0n) is 15.6. The first kappa shape index (κ1) is 20.0. The predicted molar refractivity (Wildman–Crippen MR) is 111 cm³/mol. The molecule has 3 aromatic rings. The Labute approximate surface area is 172 Å². The fraction of sp³-hybridized carbons (Fsp3) is 0.200. The van der Waals surface area contributed by atoms with Crippen molar-refractivity contribution < 1.29 is 19.0 Å². The van der Waals surface area contributed by atoms with E-state index in [1.807, 2.05) is 23.6 Å². The lowest BCUT2D eigenvalue weighted by atomic mass is 10.1. The van der Waals surface area contributed by atoms with Gasteiger partial charge in [0, 0.05) is 16.0 Å². The van der Waals surface area contributed by atoms with Crippen molar-refractivity contribution >= 4 is 34.0 Å². The van der Waals surface area contributed by atoms with Gasteiger partial charge in [0.15, 0.2) is 11.2 Å². The van der Waals surface area contributed by atoms with Gasteiger partial charge >= 0.3 is 0 Å². The van der Waals surface area contributed by atoms with Gasteiger partial charge in [-0.05, 0) is 43.3 Å². The number of anilines is 1. The summed E-state index contributed by atoms with van der Waals surface area (Å²) in [5, 5.41) is 5.62. The molecule has 0 radical (unpaired) electrons. The van der Waals surface area contributed by atoms with E-state index in [-0.39, 0.29) is 5.91 Å². The molecular weight excluding hydrogens is 400 g/mol. The maximum atomic E-state index is 12.4. The molecule has 0 aliphatic carbocycles. The number of halogens is 1. The molecule has 1 aromatic heterocycles. The van der Waals surface area contributed by atoms with Crippen LogP contribution in [0, 0.1) is 0 Å². The number of methoxy groups -OCH3 is 2. The summed E-state index contributed by atoms with van der Waals surface area (Å²) in [5.74, 6) is 1.58. The Morgan fingerprint density at radius 3 is 2.68 bits per heavy atom. The van der Waals surface area contributed by atoms with E-state index in [0.717, 1.165) is 5.56 Å². The van der Waals surface area contributed by atoms with E-state index in [0.29, 0.717) is 33.1 Å². The van der Waals surface area contributed by atoms with Crippen molar-refractivity contribution in [3.8, 4) is 28.5 Å². The first-order valence-electron chi connectivity index (χ1n) is 8.41. The fourth-order valence-electron chi connectivity index (χ4n) is 2.47. The highest BCUT2D eigenvalue weighted by molar-refractivity contribution is 7.14. The number of benzene rings is 2. The third-order valence-corrected chi connectivity index (χ3v) is 4.89. The molecule has 0 fully saturated rings. The van der Waals surface area contributed by atoms with Gasteiger partial charge in [-0.1, -0.05) is 17.7 Å². The lowest BCUT2D eigenvalue weighted by Gasteiger charge is -2.13. The Hall–Kier alpha value is -2.77. The van der Waals surface area contributed by atoms with Gasteiger partial charge in [-0.3, -0.25) is 10.1 Å². The number of hydrogen-bond acceptors (Lipinski definition) is 6. The number of thiazole rings is 1. The van der Waals surface area contributed by atoms with E-state index < -0.39 is 6.10 Å². The van der Waals surface area contributed by atoms with Crippen LogP contribution >= 0.6 is 22.9 Å². The molecule has 1 unspecified atom stereocenters. The molecule has 1 atom stereocenters. The smallest absolute Gasteiger partial charge is 0.266 e. The summed E-state index contributed by atoms with van der Waals surface area (Å²) in [6.07, 6.45) is -0.711. The maximum Gasteiger partial charge on any atom is 0.266 e. The standard InChI is InChI=1S/C20H19ClN2O4S/c1-12(27-15-6-4-5-13(21)9-15)19(24)23-20-22-17(11-28-20)16-10-14(25-2)7-8-18(16)26-3/h4-12H,1-3H3,(H,22,23,24). The molecule has 28 heavy (non-hydrogen) atoms. The Morgan fingerprint density at radius 1 is 1.14 bits per heavy atom. The highest BCUT2D eigenvalue weighted by Crippen LogP contribution is 2.35. The molecule has 0 saturated heterocycles. The Kier molecular flexibility index (Phi) is 6.38. The van der Waals surface area contributed by atoms with Crippen molar-refractivity contribution in [2.45, 2.75) is 13.0 Å². The van der Waals surface area contributed by atoms with Crippen LogP contribution in [-0.2, 0) is 4.79 Å². The third kappa shape index (κ3) is 4.74. The number of aromatic nitrogens is 1. The van der Waals surface area contributed by atoms with Crippen molar-refractivity contribution in [3.05, 3.63) is 52.9 Å². The molecule has 8 heteroatoms. The lowest BCUT2D eigenvalue weighted by molar-refractivity contribution is -0.122. The minimum absolute atomic E-state index is 0.307. The normalized spacial score (nSPS) is 11.6. The highest BCUT2D eigenvalue weighted by atomic mass is 35.5. The number of carbonyl (C=O) groups excluding carboxylic acids is 1. The minimum atomic E-state index is -0.711. The van der Waals surface area contributed by atoms with Gasteiger partial charge in [0.2, 0.25) is 0 Å².